The minimum atomic E-state index is 0.879. The number of thiazole rings is 1. The molecule has 3 aromatic carbocycles. The van der Waals surface area contributed by atoms with E-state index in [4.69, 9.17) is 0 Å². The molecule has 5 aromatic rings. The molecule has 0 N–H and O–H groups in total. The summed E-state index contributed by atoms with van der Waals surface area (Å²) in [5, 5.41) is 10.2. The Morgan fingerprint density at radius 2 is 1.45 bits per heavy atom. The molecule has 0 amide bonds. The number of nitrogens with zero attached hydrogens (tertiary/aromatic N) is 4. The summed E-state index contributed by atoms with van der Waals surface area (Å²) in [6.07, 6.45) is 1.88. The van der Waals surface area contributed by atoms with Gasteiger partial charge in [0.15, 0.2) is 0 Å². The Bertz CT molecular complexity index is 1420. The van der Waals surface area contributed by atoms with Gasteiger partial charge in [-0.05, 0) is 23.8 Å². The first kappa shape index (κ1) is 17.6. The molecular weight excluding hydrogens is 376 g/mol. The maximum atomic E-state index is 4.53. The second kappa shape index (κ2) is 7.18. The quantitative estimate of drug-likeness (QED) is 0.292. The largest absolute Gasteiger partial charge is 0.343 e. The van der Waals surface area contributed by atoms with Gasteiger partial charge in [-0.2, -0.15) is 5.10 Å². The number of rotatable bonds is 3. The maximum Gasteiger partial charge on any atom is 0.211 e. The summed E-state index contributed by atoms with van der Waals surface area (Å²) in [6, 6.07) is 27.2. The van der Waals surface area contributed by atoms with E-state index < -0.39 is 0 Å². The Balaban J connectivity index is 1.68. The molecule has 142 valence electrons. The van der Waals surface area contributed by atoms with E-state index in [0.29, 0.717) is 0 Å². The smallest absolute Gasteiger partial charge is 0.211 e. The molecule has 0 aliphatic carbocycles. The van der Waals surface area contributed by atoms with Crippen LogP contribution in [-0.4, -0.2) is 15.3 Å². The van der Waals surface area contributed by atoms with E-state index >= 15 is 0 Å². The summed E-state index contributed by atoms with van der Waals surface area (Å²) >= 11 is 1.65. The van der Waals surface area contributed by atoms with Crippen molar-refractivity contribution in [2.24, 2.45) is 24.3 Å². The van der Waals surface area contributed by atoms with Crippen LogP contribution >= 0.6 is 11.3 Å². The van der Waals surface area contributed by atoms with Crippen LogP contribution in [0.4, 0.5) is 0 Å². The molecule has 0 aliphatic rings. The molecular formula is C24H20N4S. The van der Waals surface area contributed by atoms with Crippen molar-refractivity contribution < 1.29 is 0 Å². The van der Waals surface area contributed by atoms with E-state index in [-0.39, 0.29) is 0 Å². The van der Waals surface area contributed by atoms with Crippen LogP contribution in [0.3, 0.4) is 0 Å². The van der Waals surface area contributed by atoms with Crippen molar-refractivity contribution in [1.82, 2.24) is 9.13 Å². The first-order chi connectivity index (χ1) is 14.2. The molecule has 0 spiro atoms. The van der Waals surface area contributed by atoms with Gasteiger partial charge in [-0.1, -0.05) is 72.0 Å². The Hall–Kier alpha value is -3.44. The van der Waals surface area contributed by atoms with Crippen LogP contribution in [0.25, 0.3) is 32.4 Å². The van der Waals surface area contributed by atoms with Crippen molar-refractivity contribution in [3.8, 4) is 11.3 Å². The molecule has 0 atom stereocenters. The summed E-state index contributed by atoms with van der Waals surface area (Å²) in [6.45, 7) is 0. The van der Waals surface area contributed by atoms with Gasteiger partial charge >= 0.3 is 0 Å². The molecule has 0 fully saturated rings. The minimum Gasteiger partial charge on any atom is -0.343 e. The van der Waals surface area contributed by atoms with Gasteiger partial charge < -0.3 is 9.13 Å². The number of aryl methyl sites for hydroxylation is 2. The standard InChI is InChI=1S/C24H20N4S/c1-27-20-13-7-6-12-18(20)19(23(27)17-10-4-3-5-11-17)16-25-26-24-28(2)21-14-8-9-15-22(21)29-24/h3-16H,1-2H3/b25-16+,26-24-. The van der Waals surface area contributed by atoms with Crippen LogP contribution in [0.1, 0.15) is 5.56 Å². The Morgan fingerprint density at radius 3 is 2.24 bits per heavy atom. The lowest BCUT2D eigenvalue weighted by Gasteiger charge is -2.05. The van der Waals surface area contributed by atoms with Gasteiger partial charge in [-0.15, -0.1) is 5.10 Å². The molecule has 29 heavy (non-hydrogen) atoms. The molecule has 0 saturated carbocycles. The Morgan fingerprint density at radius 1 is 0.759 bits per heavy atom. The lowest BCUT2D eigenvalue weighted by molar-refractivity contribution is 0.889. The molecule has 0 aliphatic heterocycles. The first-order valence-electron chi connectivity index (χ1n) is 9.48. The molecule has 4 nitrogen and oxygen atoms in total. The third kappa shape index (κ3) is 3.00. The van der Waals surface area contributed by atoms with E-state index in [1.807, 2.05) is 31.5 Å². The monoisotopic (exact) mass is 396 g/mol. The summed E-state index contributed by atoms with van der Waals surface area (Å²) in [5.74, 6) is 0. The van der Waals surface area contributed by atoms with Gasteiger partial charge in [0.05, 0.1) is 22.1 Å². The summed E-state index contributed by atoms with van der Waals surface area (Å²) in [5.41, 5.74) is 5.75. The van der Waals surface area contributed by atoms with Gasteiger partial charge in [0.1, 0.15) is 0 Å². The predicted octanol–water partition coefficient (Wildman–Crippen LogP) is 5.33. The molecule has 0 unspecified atom stereocenters. The zero-order chi connectivity index (χ0) is 19.8. The van der Waals surface area contributed by atoms with Crippen LogP contribution in [0, 0.1) is 0 Å². The molecule has 0 bridgehead atoms. The molecule has 2 aromatic heterocycles. The zero-order valence-corrected chi connectivity index (χ0v) is 17.1. The van der Waals surface area contributed by atoms with Gasteiger partial charge in [0, 0.05) is 30.6 Å². The number of hydrogen-bond acceptors (Lipinski definition) is 3. The van der Waals surface area contributed by atoms with E-state index in [0.717, 1.165) is 16.1 Å². The highest BCUT2D eigenvalue weighted by molar-refractivity contribution is 7.16. The number of para-hydroxylation sites is 2. The van der Waals surface area contributed by atoms with Crippen LogP contribution < -0.4 is 4.80 Å². The minimum absolute atomic E-state index is 0.879. The highest BCUT2D eigenvalue weighted by Crippen LogP contribution is 2.31. The van der Waals surface area contributed by atoms with Gasteiger partial charge in [-0.3, -0.25) is 0 Å². The second-order valence-electron chi connectivity index (χ2n) is 6.96. The van der Waals surface area contributed by atoms with Crippen LogP contribution in [0.2, 0.25) is 0 Å². The molecule has 5 heteroatoms. The normalized spacial score (nSPS) is 12.6. The van der Waals surface area contributed by atoms with Gasteiger partial charge in [0.2, 0.25) is 4.80 Å². The molecule has 2 heterocycles. The fraction of sp³-hybridized carbons (Fsp3) is 0.0833. The van der Waals surface area contributed by atoms with Crippen molar-refractivity contribution in [2.45, 2.75) is 0 Å². The number of hydrogen-bond donors (Lipinski definition) is 0. The summed E-state index contributed by atoms with van der Waals surface area (Å²) in [7, 11) is 4.13. The van der Waals surface area contributed by atoms with Crippen LogP contribution in [0.15, 0.2) is 89.1 Å². The SMILES string of the molecule is Cn1c(-c2ccccc2)c(/C=N/N=c2\sc3ccccc3n2C)c2ccccc21. The number of benzene rings is 3. The van der Waals surface area contributed by atoms with E-state index in [9.17, 15) is 0 Å². The first-order valence-corrected chi connectivity index (χ1v) is 10.3. The lowest BCUT2D eigenvalue weighted by atomic mass is 10.1. The van der Waals surface area contributed by atoms with Crippen LogP contribution in [-0.2, 0) is 14.1 Å². The topological polar surface area (TPSA) is 34.6 Å². The van der Waals surface area contributed by atoms with Crippen molar-refractivity contribution in [3.05, 3.63) is 89.2 Å². The Kier molecular flexibility index (Phi) is 4.37. The van der Waals surface area contributed by atoms with E-state index in [2.05, 4.69) is 87.0 Å². The van der Waals surface area contributed by atoms with Gasteiger partial charge in [0.25, 0.3) is 0 Å². The van der Waals surface area contributed by atoms with Crippen LogP contribution in [0.5, 0.6) is 0 Å². The third-order valence-corrected chi connectivity index (χ3v) is 6.34. The average Bonchev–Trinajstić information content (AvgIpc) is 3.24. The van der Waals surface area contributed by atoms with E-state index in [1.54, 1.807) is 11.3 Å². The highest BCUT2D eigenvalue weighted by atomic mass is 32.1. The van der Waals surface area contributed by atoms with Crippen molar-refractivity contribution in [2.75, 3.05) is 0 Å². The highest BCUT2D eigenvalue weighted by Gasteiger charge is 2.14. The van der Waals surface area contributed by atoms with Gasteiger partial charge in [-0.25, -0.2) is 0 Å². The molecule has 5 rings (SSSR count). The fourth-order valence-electron chi connectivity index (χ4n) is 3.81. The second-order valence-corrected chi connectivity index (χ2v) is 7.97. The van der Waals surface area contributed by atoms with Crippen molar-refractivity contribution in [3.63, 3.8) is 0 Å². The maximum absolute atomic E-state index is 4.53. The predicted molar refractivity (Wildman–Crippen MR) is 122 cm³/mol. The molecule has 0 saturated heterocycles. The fourth-order valence-corrected chi connectivity index (χ4v) is 4.79. The third-order valence-electron chi connectivity index (χ3n) is 5.24. The molecule has 0 radical (unpaired) electrons. The Labute approximate surface area is 172 Å². The lowest BCUT2D eigenvalue weighted by Crippen LogP contribution is -2.08. The average molecular weight is 397 g/mol. The summed E-state index contributed by atoms with van der Waals surface area (Å²) in [4.78, 5) is 0.879. The van der Waals surface area contributed by atoms with Crippen molar-refractivity contribution >= 4 is 38.7 Å². The van der Waals surface area contributed by atoms with Crippen molar-refractivity contribution in [1.29, 1.82) is 0 Å². The zero-order valence-electron chi connectivity index (χ0n) is 16.3. The summed E-state index contributed by atoms with van der Waals surface area (Å²) < 4.78 is 5.52. The number of fused-ring (bicyclic) bond motifs is 2. The number of aromatic nitrogens is 2. The van der Waals surface area contributed by atoms with E-state index in [1.165, 1.54) is 26.7 Å².